The molecule has 0 saturated heterocycles. The van der Waals surface area contributed by atoms with Gasteiger partial charge in [-0.05, 0) is 55.5 Å². The molecule has 8 aromatic rings. The number of aliphatic hydroxyl groups is 1. The number of imidazole rings is 4. The Labute approximate surface area is 252 Å². The van der Waals surface area contributed by atoms with E-state index in [0.717, 1.165) is 67.4 Å². The monoisotopic (exact) mass is 580 g/mol. The van der Waals surface area contributed by atoms with Gasteiger partial charge in [-0.25, -0.2) is 19.9 Å². The first kappa shape index (κ1) is 26.4. The molecule has 0 amide bonds. The lowest BCUT2D eigenvalue weighted by molar-refractivity contribution is -0.0753. The summed E-state index contributed by atoms with van der Waals surface area (Å²) in [4.78, 5) is 33.8. The third-order valence-corrected chi connectivity index (χ3v) is 8.93. The molecule has 218 valence electrons. The van der Waals surface area contributed by atoms with Gasteiger partial charge in [-0.1, -0.05) is 48.5 Å². The number of aromatic amines is 4. The van der Waals surface area contributed by atoms with Crippen LogP contribution in [0.4, 0.5) is 0 Å². The fourth-order valence-corrected chi connectivity index (χ4v) is 6.59. The molecule has 1 atom stereocenters. The van der Waals surface area contributed by atoms with Gasteiger partial charge in [0.05, 0.1) is 49.7 Å². The zero-order chi connectivity index (χ0) is 29.7. The van der Waals surface area contributed by atoms with Gasteiger partial charge in [0.25, 0.3) is 0 Å². The number of fused-ring (bicyclic) bond motifs is 4. The molecule has 4 aromatic carbocycles. The minimum Gasteiger partial charge on any atom is -0.389 e. The fourth-order valence-electron chi connectivity index (χ4n) is 6.59. The maximum atomic E-state index is 12.8. The van der Waals surface area contributed by atoms with E-state index in [1.807, 2.05) is 104 Å². The zero-order valence-electron chi connectivity index (χ0n) is 24.3. The summed E-state index contributed by atoms with van der Waals surface area (Å²) >= 11 is 0. The minimum absolute atomic E-state index is 0.294. The van der Waals surface area contributed by atoms with Crippen molar-refractivity contribution in [1.82, 2.24) is 39.9 Å². The number of nitrogens with one attached hydrogen (secondary N) is 4. The maximum Gasteiger partial charge on any atom is 0.110 e. The minimum atomic E-state index is -1.28. The molecule has 0 aliphatic rings. The van der Waals surface area contributed by atoms with Crippen molar-refractivity contribution in [3.8, 4) is 0 Å². The highest BCUT2D eigenvalue weighted by atomic mass is 16.3. The van der Waals surface area contributed by atoms with Gasteiger partial charge in [-0.15, -0.1) is 0 Å². The van der Waals surface area contributed by atoms with Crippen LogP contribution < -0.4 is 0 Å². The second-order valence-corrected chi connectivity index (χ2v) is 12.1. The number of hydrogen-bond donors (Lipinski definition) is 5. The van der Waals surface area contributed by atoms with Crippen LogP contribution in [-0.4, -0.2) is 50.6 Å². The van der Waals surface area contributed by atoms with E-state index in [9.17, 15) is 5.11 Å². The van der Waals surface area contributed by atoms with Crippen LogP contribution in [0.2, 0.25) is 0 Å². The summed E-state index contributed by atoms with van der Waals surface area (Å²) in [7, 11) is 0. The highest BCUT2D eigenvalue weighted by Gasteiger charge is 2.49. The second kappa shape index (κ2) is 10.2. The average molecular weight is 581 g/mol. The summed E-state index contributed by atoms with van der Waals surface area (Å²) in [5.74, 6) is 3.11. The molecule has 0 bridgehead atoms. The van der Waals surface area contributed by atoms with Gasteiger partial charge in [0, 0.05) is 31.1 Å². The molecule has 0 spiro atoms. The molecule has 4 aromatic heterocycles. The largest absolute Gasteiger partial charge is 0.389 e. The third kappa shape index (κ3) is 4.71. The van der Waals surface area contributed by atoms with E-state index in [1.165, 1.54) is 0 Å². The van der Waals surface area contributed by atoms with E-state index < -0.39 is 11.0 Å². The molecule has 4 heterocycles. The van der Waals surface area contributed by atoms with Crippen molar-refractivity contribution < 1.29 is 5.11 Å². The first-order valence-electron chi connectivity index (χ1n) is 14.9. The van der Waals surface area contributed by atoms with Crippen molar-refractivity contribution in [2.45, 2.75) is 38.2 Å². The molecule has 0 fully saturated rings. The fraction of sp³-hybridized carbons (Fsp3) is 0.200. The van der Waals surface area contributed by atoms with E-state index in [-0.39, 0.29) is 0 Å². The molecule has 0 aliphatic heterocycles. The Kier molecular flexibility index (Phi) is 6.09. The predicted octanol–water partition coefficient (Wildman–Crippen LogP) is 6.20. The molecule has 0 radical (unpaired) electrons. The molecule has 1 unspecified atom stereocenters. The van der Waals surface area contributed by atoms with Crippen LogP contribution in [0.1, 0.15) is 30.2 Å². The topological polar surface area (TPSA) is 135 Å². The summed E-state index contributed by atoms with van der Waals surface area (Å²) in [5.41, 5.74) is 5.26. The summed E-state index contributed by atoms with van der Waals surface area (Å²) in [6.45, 7) is 1.91. The molecule has 9 nitrogen and oxygen atoms in total. The van der Waals surface area contributed by atoms with Crippen molar-refractivity contribution in [2.24, 2.45) is 5.41 Å². The average Bonchev–Trinajstić information content (AvgIpc) is 3.79. The molecule has 0 saturated carbocycles. The zero-order valence-corrected chi connectivity index (χ0v) is 24.3. The summed E-state index contributed by atoms with van der Waals surface area (Å²) in [5, 5.41) is 12.8. The lowest BCUT2D eigenvalue weighted by atomic mass is 9.64. The van der Waals surface area contributed by atoms with Gasteiger partial charge < -0.3 is 25.0 Å². The molecular weight excluding hydrogens is 548 g/mol. The van der Waals surface area contributed by atoms with Gasteiger partial charge in [-0.2, -0.15) is 0 Å². The standard InChI is InChI=1S/C35H32N8O/c1-34(44,18-30-36-22-10-2-3-11-23(22)37-30)35(19-31-38-24-12-4-5-13-25(24)39-31,20-32-40-26-14-6-7-15-27(26)41-32)21-33-42-28-16-8-9-17-29(28)43-33/h2-17,44H,18-21H2,1H3,(H,36,37)(H,38,39)(H,40,41)(H,42,43). The van der Waals surface area contributed by atoms with E-state index in [4.69, 9.17) is 19.9 Å². The summed E-state index contributed by atoms with van der Waals surface area (Å²) in [6, 6.07) is 32.0. The predicted molar refractivity (Wildman–Crippen MR) is 172 cm³/mol. The Bertz CT molecular complexity index is 1940. The Hall–Kier alpha value is -5.28. The van der Waals surface area contributed by atoms with Crippen molar-refractivity contribution in [3.63, 3.8) is 0 Å². The van der Waals surface area contributed by atoms with Gasteiger partial charge >= 0.3 is 0 Å². The first-order chi connectivity index (χ1) is 21.4. The lowest BCUT2D eigenvalue weighted by Crippen LogP contribution is -2.52. The van der Waals surface area contributed by atoms with Gasteiger partial charge in [-0.3, -0.25) is 0 Å². The number of para-hydroxylation sites is 8. The third-order valence-electron chi connectivity index (χ3n) is 8.93. The number of nitrogens with zero attached hydrogens (tertiary/aromatic N) is 4. The van der Waals surface area contributed by atoms with E-state index in [1.54, 1.807) is 0 Å². The van der Waals surface area contributed by atoms with Crippen LogP contribution in [0.3, 0.4) is 0 Å². The second-order valence-electron chi connectivity index (χ2n) is 12.1. The Morgan fingerprint density at radius 1 is 0.455 bits per heavy atom. The van der Waals surface area contributed by atoms with Crippen LogP contribution in [-0.2, 0) is 25.7 Å². The highest BCUT2D eigenvalue weighted by Crippen LogP contribution is 2.43. The first-order valence-corrected chi connectivity index (χ1v) is 14.9. The molecule has 44 heavy (non-hydrogen) atoms. The van der Waals surface area contributed by atoms with Gasteiger partial charge in [0.2, 0.25) is 0 Å². The number of aromatic nitrogens is 8. The smallest absolute Gasteiger partial charge is 0.110 e. The van der Waals surface area contributed by atoms with Gasteiger partial charge in [0.1, 0.15) is 23.3 Å². The van der Waals surface area contributed by atoms with E-state index in [2.05, 4.69) is 19.9 Å². The SMILES string of the molecule is CC(O)(Cc1nc2ccccc2[nH]1)C(Cc1nc2ccccc2[nH]1)(Cc1nc2ccccc2[nH]1)Cc1nc2ccccc2[nH]1. The van der Waals surface area contributed by atoms with Crippen LogP contribution in [0, 0.1) is 5.41 Å². The van der Waals surface area contributed by atoms with Crippen LogP contribution in [0.5, 0.6) is 0 Å². The Balaban J connectivity index is 1.29. The quantitative estimate of drug-likeness (QED) is 0.139. The van der Waals surface area contributed by atoms with Crippen molar-refractivity contribution in [2.75, 3.05) is 0 Å². The normalized spacial score (nSPS) is 13.8. The van der Waals surface area contributed by atoms with Crippen LogP contribution in [0.25, 0.3) is 44.1 Å². The van der Waals surface area contributed by atoms with Crippen LogP contribution in [0.15, 0.2) is 97.1 Å². The molecule has 8 rings (SSSR count). The molecule has 0 aliphatic carbocycles. The number of rotatable bonds is 9. The number of hydrogen-bond acceptors (Lipinski definition) is 5. The molecule has 5 N–H and O–H groups in total. The van der Waals surface area contributed by atoms with Gasteiger partial charge in [0.15, 0.2) is 0 Å². The number of benzene rings is 4. The maximum absolute atomic E-state index is 12.8. The molecular formula is C35H32N8O. The van der Waals surface area contributed by atoms with E-state index >= 15 is 0 Å². The molecule has 9 heteroatoms. The Morgan fingerprint density at radius 3 is 1.02 bits per heavy atom. The number of H-pyrrole nitrogens is 4. The van der Waals surface area contributed by atoms with Crippen molar-refractivity contribution in [1.29, 1.82) is 0 Å². The van der Waals surface area contributed by atoms with E-state index in [0.29, 0.717) is 25.7 Å². The summed E-state index contributed by atoms with van der Waals surface area (Å²) in [6.07, 6.45) is 1.64. The van der Waals surface area contributed by atoms with Crippen molar-refractivity contribution >= 4 is 44.1 Å². The summed E-state index contributed by atoms with van der Waals surface area (Å²) < 4.78 is 0. The van der Waals surface area contributed by atoms with Crippen LogP contribution >= 0.6 is 0 Å². The highest BCUT2D eigenvalue weighted by molar-refractivity contribution is 5.77. The lowest BCUT2D eigenvalue weighted by Gasteiger charge is -2.44. The van der Waals surface area contributed by atoms with Crippen molar-refractivity contribution in [3.05, 3.63) is 120 Å². The Morgan fingerprint density at radius 2 is 0.727 bits per heavy atom.